The fourth-order valence-electron chi connectivity index (χ4n) is 1.34. The number of halogens is 3. The van der Waals surface area contributed by atoms with E-state index in [0.717, 1.165) is 0 Å². The molecule has 0 aromatic heterocycles. The van der Waals surface area contributed by atoms with E-state index >= 15 is 0 Å². The molecule has 0 unspecified atom stereocenters. The van der Waals surface area contributed by atoms with Crippen LogP contribution in [0.25, 0.3) is 0 Å². The molecule has 4 heteroatoms. The van der Waals surface area contributed by atoms with E-state index in [0.29, 0.717) is 15.6 Å². The molecule has 0 N–H and O–H groups in total. The first-order valence-corrected chi connectivity index (χ1v) is 4.82. The number of carbonyl (C=O) groups excluding carboxylic acids is 1. The first-order chi connectivity index (χ1) is 6.43. The molecule has 1 rings (SSSR count). The van der Waals surface area contributed by atoms with Gasteiger partial charge in [-0.25, -0.2) is 8.78 Å². The summed E-state index contributed by atoms with van der Waals surface area (Å²) < 4.78 is 25.1. The monoisotopic (exact) mass is 262 g/mol. The molecule has 0 bridgehead atoms. The second-order valence-corrected chi connectivity index (χ2v) is 3.91. The maximum Gasteiger partial charge on any atom is 0.263 e. The minimum absolute atomic E-state index is 0.0700. The van der Waals surface area contributed by atoms with Crippen molar-refractivity contribution < 1.29 is 13.6 Å². The summed E-state index contributed by atoms with van der Waals surface area (Å²) in [4.78, 5) is 11.2. The molecule has 0 aliphatic carbocycles. The topological polar surface area (TPSA) is 17.1 Å². The molecule has 14 heavy (non-hydrogen) atoms. The van der Waals surface area contributed by atoms with Gasteiger partial charge in [0.2, 0.25) is 0 Å². The van der Waals surface area contributed by atoms with E-state index in [1.807, 2.05) is 0 Å². The van der Waals surface area contributed by atoms with Crippen LogP contribution in [0.4, 0.5) is 8.78 Å². The van der Waals surface area contributed by atoms with E-state index in [-0.39, 0.29) is 11.3 Å². The van der Waals surface area contributed by atoms with Crippen molar-refractivity contribution in [2.24, 2.45) is 0 Å². The Morgan fingerprint density at radius 1 is 1.43 bits per heavy atom. The summed E-state index contributed by atoms with van der Waals surface area (Å²) in [5, 5.41) is 0. The smallest absolute Gasteiger partial charge is 0.263 e. The Labute approximate surface area is 89.3 Å². The SMILES string of the molecule is CC(=O)c1c(C)cc(C(F)F)cc1Br. The fourth-order valence-corrected chi connectivity index (χ4v) is 2.20. The number of Topliss-reactive ketones (excluding diaryl/α,β-unsaturated/α-hetero) is 1. The summed E-state index contributed by atoms with van der Waals surface area (Å²) in [5.74, 6) is -0.129. The molecule has 1 aromatic carbocycles. The van der Waals surface area contributed by atoms with Crippen LogP contribution in [0, 0.1) is 6.92 Å². The normalized spacial score (nSPS) is 10.7. The summed E-state index contributed by atoms with van der Waals surface area (Å²) in [5.41, 5.74) is 0.968. The molecule has 1 aromatic rings. The van der Waals surface area contributed by atoms with Gasteiger partial charge in [-0.05, 0) is 31.5 Å². The molecule has 0 amide bonds. The number of aryl methyl sites for hydroxylation is 1. The van der Waals surface area contributed by atoms with Crippen LogP contribution in [-0.4, -0.2) is 5.78 Å². The average molecular weight is 263 g/mol. The van der Waals surface area contributed by atoms with Gasteiger partial charge in [-0.3, -0.25) is 4.79 Å². The Kier molecular flexibility index (Phi) is 3.37. The Balaban J connectivity index is 3.32. The van der Waals surface area contributed by atoms with Crippen molar-refractivity contribution >= 4 is 21.7 Å². The summed E-state index contributed by atoms with van der Waals surface area (Å²) >= 11 is 3.11. The molecule has 0 radical (unpaired) electrons. The Morgan fingerprint density at radius 2 is 2.00 bits per heavy atom. The Morgan fingerprint density at radius 3 is 2.36 bits per heavy atom. The Bertz CT molecular complexity index is 351. The predicted octanol–water partition coefficient (Wildman–Crippen LogP) is 3.90. The van der Waals surface area contributed by atoms with Crippen molar-refractivity contribution in [3.63, 3.8) is 0 Å². The van der Waals surface area contributed by atoms with Gasteiger partial charge in [0.1, 0.15) is 0 Å². The number of hydrogen-bond donors (Lipinski definition) is 0. The van der Waals surface area contributed by atoms with Crippen molar-refractivity contribution in [2.45, 2.75) is 20.3 Å². The summed E-state index contributed by atoms with van der Waals surface area (Å²) in [6.45, 7) is 3.06. The van der Waals surface area contributed by atoms with Crippen molar-refractivity contribution in [2.75, 3.05) is 0 Å². The number of benzene rings is 1. The maximum absolute atomic E-state index is 12.4. The highest BCUT2D eigenvalue weighted by atomic mass is 79.9. The van der Waals surface area contributed by atoms with Gasteiger partial charge in [0, 0.05) is 15.6 Å². The van der Waals surface area contributed by atoms with Gasteiger partial charge in [-0.15, -0.1) is 0 Å². The molecule has 0 atom stereocenters. The minimum Gasteiger partial charge on any atom is -0.294 e. The fraction of sp³-hybridized carbons (Fsp3) is 0.300. The quantitative estimate of drug-likeness (QED) is 0.739. The second-order valence-electron chi connectivity index (χ2n) is 3.05. The average Bonchev–Trinajstić information content (AvgIpc) is 2.01. The van der Waals surface area contributed by atoms with Crippen LogP contribution in [-0.2, 0) is 0 Å². The lowest BCUT2D eigenvalue weighted by Crippen LogP contribution is -1.99. The van der Waals surface area contributed by atoms with Crippen LogP contribution in [0.5, 0.6) is 0 Å². The molecule has 0 fully saturated rings. The van der Waals surface area contributed by atoms with E-state index < -0.39 is 6.43 Å². The lowest BCUT2D eigenvalue weighted by Gasteiger charge is -2.08. The molecule has 76 valence electrons. The lowest BCUT2D eigenvalue weighted by atomic mass is 10.0. The number of carbonyl (C=O) groups is 1. The molecule has 0 aliphatic rings. The van der Waals surface area contributed by atoms with E-state index in [2.05, 4.69) is 15.9 Å². The molecule has 0 spiro atoms. The van der Waals surface area contributed by atoms with Gasteiger partial charge in [0.15, 0.2) is 5.78 Å². The van der Waals surface area contributed by atoms with E-state index in [1.54, 1.807) is 6.92 Å². The zero-order valence-corrected chi connectivity index (χ0v) is 9.36. The van der Waals surface area contributed by atoms with Crippen LogP contribution < -0.4 is 0 Å². The first kappa shape index (κ1) is 11.3. The molecule has 0 saturated heterocycles. The number of hydrogen-bond acceptors (Lipinski definition) is 1. The molecule has 0 heterocycles. The highest BCUT2D eigenvalue weighted by Gasteiger charge is 2.14. The van der Waals surface area contributed by atoms with Gasteiger partial charge in [-0.2, -0.15) is 0 Å². The van der Waals surface area contributed by atoms with Gasteiger partial charge >= 0.3 is 0 Å². The van der Waals surface area contributed by atoms with E-state index in [1.165, 1.54) is 19.1 Å². The van der Waals surface area contributed by atoms with Crippen molar-refractivity contribution in [3.8, 4) is 0 Å². The van der Waals surface area contributed by atoms with Crippen LogP contribution >= 0.6 is 15.9 Å². The third-order valence-electron chi connectivity index (χ3n) is 1.91. The zero-order valence-electron chi connectivity index (χ0n) is 7.77. The molecular formula is C10H9BrF2O. The lowest BCUT2D eigenvalue weighted by molar-refractivity contribution is 0.101. The minimum atomic E-state index is -2.51. The van der Waals surface area contributed by atoms with Crippen LogP contribution in [0.15, 0.2) is 16.6 Å². The standard InChI is InChI=1S/C10H9BrF2O/c1-5-3-7(10(12)13)4-8(11)9(5)6(2)14/h3-4,10H,1-2H3. The molecular weight excluding hydrogens is 254 g/mol. The van der Waals surface area contributed by atoms with Crippen LogP contribution in [0.3, 0.4) is 0 Å². The van der Waals surface area contributed by atoms with Gasteiger partial charge < -0.3 is 0 Å². The highest BCUT2D eigenvalue weighted by Crippen LogP contribution is 2.28. The number of rotatable bonds is 2. The number of ketones is 1. The van der Waals surface area contributed by atoms with E-state index in [4.69, 9.17) is 0 Å². The molecule has 1 nitrogen and oxygen atoms in total. The van der Waals surface area contributed by atoms with E-state index in [9.17, 15) is 13.6 Å². The Hall–Kier alpha value is -0.770. The predicted molar refractivity (Wildman–Crippen MR) is 53.8 cm³/mol. The van der Waals surface area contributed by atoms with Crippen molar-refractivity contribution in [1.29, 1.82) is 0 Å². The second kappa shape index (κ2) is 4.17. The van der Waals surface area contributed by atoms with Gasteiger partial charge in [-0.1, -0.05) is 15.9 Å². The number of alkyl halides is 2. The highest BCUT2D eigenvalue weighted by molar-refractivity contribution is 9.10. The first-order valence-electron chi connectivity index (χ1n) is 4.02. The van der Waals surface area contributed by atoms with Crippen LogP contribution in [0.1, 0.15) is 34.8 Å². The van der Waals surface area contributed by atoms with Crippen LogP contribution in [0.2, 0.25) is 0 Å². The van der Waals surface area contributed by atoms with Gasteiger partial charge in [0.05, 0.1) is 0 Å². The summed E-state index contributed by atoms with van der Waals surface area (Å²) in [6.07, 6.45) is -2.51. The van der Waals surface area contributed by atoms with Crippen molar-refractivity contribution in [1.82, 2.24) is 0 Å². The third kappa shape index (κ3) is 2.18. The largest absolute Gasteiger partial charge is 0.294 e. The molecule has 0 aliphatic heterocycles. The van der Waals surface area contributed by atoms with Gasteiger partial charge in [0.25, 0.3) is 6.43 Å². The summed E-state index contributed by atoms with van der Waals surface area (Å²) in [6, 6.07) is 2.63. The maximum atomic E-state index is 12.4. The third-order valence-corrected chi connectivity index (χ3v) is 2.54. The zero-order chi connectivity index (χ0) is 10.9. The summed E-state index contributed by atoms with van der Waals surface area (Å²) in [7, 11) is 0. The molecule has 0 saturated carbocycles. The van der Waals surface area contributed by atoms with Crippen molar-refractivity contribution in [3.05, 3.63) is 33.3 Å².